The maximum atomic E-state index is 12.0. The quantitative estimate of drug-likeness (QED) is 0.667. The standard InChI is InChI=1S/C15H21N3O3/c1-3-21-15(20)11-5-6-12(16)13(9-11)18-8-4-7-17(2)14(19)10-18/h5-6,9H,3-4,7-8,10,16H2,1-2H3. The fraction of sp³-hybridized carbons (Fsp3) is 0.467. The van der Waals surface area contributed by atoms with E-state index in [4.69, 9.17) is 10.5 Å². The van der Waals surface area contributed by atoms with E-state index in [0.29, 0.717) is 23.5 Å². The van der Waals surface area contributed by atoms with Gasteiger partial charge in [0.25, 0.3) is 0 Å². The predicted octanol–water partition coefficient (Wildman–Crippen LogP) is 1.11. The molecule has 1 aliphatic heterocycles. The van der Waals surface area contributed by atoms with Crippen molar-refractivity contribution in [2.75, 3.05) is 43.9 Å². The third kappa shape index (κ3) is 3.45. The van der Waals surface area contributed by atoms with Gasteiger partial charge in [0.05, 0.1) is 30.1 Å². The summed E-state index contributed by atoms with van der Waals surface area (Å²) in [6.07, 6.45) is 0.866. The number of ether oxygens (including phenoxy) is 1. The van der Waals surface area contributed by atoms with Crippen molar-refractivity contribution >= 4 is 23.3 Å². The molecule has 1 saturated heterocycles. The molecule has 2 N–H and O–H groups in total. The highest BCUT2D eigenvalue weighted by Crippen LogP contribution is 2.26. The number of likely N-dealkylation sites (N-methyl/N-ethyl adjacent to an activating group) is 1. The van der Waals surface area contributed by atoms with Crippen LogP contribution in [-0.4, -0.2) is 50.1 Å². The van der Waals surface area contributed by atoms with Crippen LogP contribution >= 0.6 is 0 Å². The Hall–Kier alpha value is -2.24. The Morgan fingerprint density at radius 1 is 1.38 bits per heavy atom. The number of hydrogen-bond acceptors (Lipinski definition) is 5. The lowest BCUT2D eigenvalue weighted by molar-refractivity contribution is -0.127. The summed E-state index contributed by atoms with van der Waals surface area (Å²) in [4.78, 5) is 27.4. The van der Waals surface area contributed by atoms with Crippen LogP contribution in [0.15, 0.2) is 18.2 Å². The molecule has 0 saturated carbocycles. The van der Waals surface area contributed by atoms with Gasteiger partial charge in [-0.1, -0.05) is 0 Å². The van der Waals surface area contributed by atoms with E-state index in [-0.39, 0.29) is 18.4 Å². The number of carbonyl (C=O) groups excluding carboxylic acids is 2. The molecule has 0 aliphatic carbocycles. The first-order chi connectivity index (χ1) is 10.0. The monoisotopic (exact) mass is 291 g/mol. The van der Waals surface area contributed by atoms with Gasteiger partial charge in [-0.05, 0) is 31.5 Å². The minimum atomic E-state index is -0.378. The number of carbonyl (C=O) groups is 2. The smallest absolute Gasteiger partial charge is 0.338 e. The second-order valence-electron chi connectivity index (χ2n) is 5.08. The van der Waals surface area contributed by atoms with Gasteiger partial charge in [-0.2, -0.15) is 0 Å². The maximum Gasteiger partial charge on any atom is 0.338 e. The Balaban J connectivity index is 2.27. The molecular weight excluding hydrogens is 270 g/mol. The molecule has 0 radical (unpaired) electrons. The molecule has 1 aliphatic rings. The number of amides is 1. The van der Waals surface area contributed by atoms with Crippen molar-refractivity contribution in [1.82, 2.24) is 4.90 Å². The lowest BCUT2D eigenvalue weighted by Crippen LogP contribution is -2.34. The molecular formula is C15H21N3O3. The number of rotatable bonds is 3. The normalized spacial score (nSPS) is 15.8. The van der Waals surface area contributed by atoms with E-state index in [1.807, 2.05) is 4.90 Å². The van der Waals surface area contributed by atoms with Crippen molar-refractivity contribution in [1.29, 1.82) is 0 Å². The highest BCUT2D eigenvalue weighted by Gasteiger charge is 2.21. The van der Waals surface area contributed by atoms with Crippen LogP contribution in [0.2, 0.25) is 0 Å². The van der Waals surface area contributed by atoms with Crippen molar-refractivity contribution in [3.63, 3.8) is 0 Å². The topological polar surface area (TPSA) is 75.9 Å². The van der Waals surface area contributed by atoms with Gasteiger partial charge >= 0.3 is 5.97 Å². The average Bonchev–Trinajstić information content (AvgIpc) is 2.62. The molecule has 1 amide bonds. The number of esters is 1. The predicted molar refractivity (Wildman–Crippen MR) is 81.3 cm³/mol. The fourth-order valence-electron chi connectivity index (χ4n) is 2.35. The van der Waals surface area contributed by atoms with Crippen LogP contribution in [-0.2, 0) is 9.53 Å². The van der Waals surface area contributed by atoms with Crippen LogP contribution < -0.4 is 10.6 Å². The summed E-state index contributed by atoms with van der Waals surface area (Å²) in [5.74, 6) is -0.328. The Morgan fingerprint density at radius 3 is 2.86 bits per heavy atom. The summed E-state index contributed by atoms with van der Waals surface area (Å²) < 4.78 is 5.00. The number of nitrogens with zero attached hydrogens (tertiary/aromatic N) is 2. The third-order valence-electron chi connectivity index (χ3n) is 3.56. The minimum Gasteiger partial charge on any atom is -0.462 e. The number of anilines is 2. The number of nitrogen functional groups attached to an aromatic ring is 1. The molecule has 0 bridgehead atoms. The Bertz CT molecular complexity index is 545. The zero-order chi connectivity index (χ0) is 15.4. The molecule has 1 aromatic carbocycles. The van der Waals surface area contributed by atoms with Gasteiger partial charge in [0.15, 0.2) is 0 Å². The van der Waals surface area contributed by atoms with Gasteiger partial charge in [0.2, 0.25) is 5.91 Å². The summed E-state index contributed by atoms with van der Waals surface area (Å²) in [6, 6.07) is 5.02. The van der Waals surface area contributed by atoms with Crippen molar-refractivity contribution in [3.05, 3.63) is 23.8 Å². The second kappa shape index (κ2) is 6.47. The van der Waals surface area contributed by atoms with E-state index < -0.39 is 0 Å². The molecule has 1 aromatic rings. The van der Waals surface area contributed by atoms with Crippen LogP contribution in [0.1, 0.15) is 23.7 Å². The third-order valence-corrected chi connectivity index (χ3v) is 3.56. The molecule has 21 heavy (non-hydrogen) atoms. The van der Waals surface area contributed by atoms with Crippen LogP contribution in [0, 0.1) is 0 Å². The van der Waals surface area contributed by atoms with Gasteiger partial charge in [-0.25, -0.2) is 4.79 Å². The van der Waals surface area contributed by atoms with E-state index >= 15 is 0 Å². The van der Waals surface area contributed by atoms with Gasteiger partial charge in [0, 0.05) is 20.1 Å². The lowest BCUT2D eigenvalue weighted by Gasteiger charge is -2.24. The molecule has 0 aromatic heterocycles. The molecule has 1 heterocycles. The number of benzene rings is 1. The lowest BCUT2D eigenvalue weighted by atomic mass is 10.1. The molecule has 0 unspecified atom stereocenters. The number of nitrogens with two attached hydrogens (primary N) is 1. The number of hydrogen-bond donors (Lipinski definition) is 1. The van der Waals surface area contributed by atoms with E-state index in [1.54, 1.807) is 37.1 Å². The zero-order valence-corrected chi connectivity index (χ0v) is 12.5. The van der Waals surface area contributed by atoms with Crippen molar-refractivity contribution in [3.8, 4) is 0 Å². The first-order valence-electron chi connectivity index (χ1n) is 7.08. The van der Waals surface area contributed by atoms with Crippen molar-refractivity contribution < 1.29 is 14.3 Å². The van der Waals surface area contributed by atoms with E-state index in [2.05, 4.69) is 0 Å². The molecule has 114 valence electrons. The van der Waals surface area contributed by atoms with Gasteiger partial charge < -0.3 is 20.3 Å². The van der Waals surface area contributed by atoms with Crippen molar-refractivity contribution in [2.24, 2.45) is 0 Å². The van der Waals surface area contributed by atoms with E-state index in [9.17, 15) is 9.59 Å². The highest BCUT2D eigenvalue weighted by atomic mass is 16.5. The van der Waals surface area contributed by atoms with Crippen LogP contribution in [0.5, 0.6) is 0 Å². The molecule has 0 spiro atoms. The molecule has 6 heteroatoms. The molecule has 2 rings (SSSR count). The Kier molecular flexibility index (Phi) is 4.67. The first kappa shape index (κ1) is 15.2. The van der Waals surface area contributed by atoms with E-state index in [0.717, 1.165) is 19.5 Å². The Morgan fingerprint density at radius 2 is 2.14 bits per heavy atom. The van der Waals surface area contributed by atoms with Gasteiger partial charge in [0.1, 0.15) is 0 Å². The fourth-order valence-corrected chi connectivity index (χ4v) is 2.35. The van der Waals surface area contributed by atoms with Crippen molar-refractivity contribution in [2.45, 2.75) is 13.3 Å². The zero-order valence-electron chi connectivity index (χ0n) is 12.5. The van der Waals surface area contributed by atoms with Crippen LogP contribution in [0.25, 0.3) is 0 Å². The van der Waals surface area contributed by atoms with Crippen LogP contribution in [0.3, 0.4) is 0 Å². The van der Waals surface area contributed by atoms with Gasteiger partial charge in [-0.15, -0.1) is 0 Å². The first-order valence-corrected chi connectivity index (χ1v) is 7.08. The van der Waals surface area contributed by atoms with E-state index in [1.165, 1.54) is 0 Å². The summed E-state index contributed by atoms with van der Waals surface area (Å²) in [5.41, 5.74) is 7.73. The second-order valence-corrected chi connectivity index (χ2v) is 5.08. The maximum absolute atomic E-state index is 12.0. The summed E-state index contributed by atoms with van der Waals surface area (Å²) in [5, 5.41) is 0. The van der Waals surface area contributed by atoms with Gasteiger partial charge in [-0.3, -0.25) is 4.79 Å². The molecule has 0 atom stereocenters. The average molecular weight is 291 g/mol. The Labute approximate surface area is 124 Å². The molecule has 1 fully saturated rings. The molecule has 6 nitrogen and oxygen atoms in total. The van der Waals surface area contributed by atoms with Crippen LogP contribution in [0.4, 0.5) is 11.4 Å². The summed E-state index contributed by atoms with van der Waals surface area (Å²) >= 11 is 0. The summed E-state index contributed by atoms with van der Waals surface area (Å²) in [6.45, 7) is 3.82. The largest absolute Gasteiger partial charge is 0.462 e. The SMILES string of the molecule is CCOC(=O)c1ccc(N)c(N2CCCN(C)C(=O)C2)c1. The minimum absolute atomic E-state index is 0.0495. The summed E-state index contributed by atoms with van der Waals surface area (Å²) in [7, 11) is 1.80. The highest BCUT2D eigenvalue weighted by molar-refractivity contribution is 5.93.